The Labute approximate surface area is 133 Å². The summed E-state index contributed by atoms with van der Waals surface area (Å²) in [4.78, 5) is 16.9. The topological polar surface area (TPSA) is 92.6 Å². The Balaban J connectivity index is 1.62. The average Bonchev–Trinajstić information content (AvgIpc) is 3.03. The smallest absolute Gasteiger partial charge is 0.270 e. The van der Waals surface area contributed by atoms with Crippen LogP contribution in [0.3, 0.4) is 0 Å². The van der Waals surface area contributed by atoms with Crippen LogP contribution >= 0.6 is 0 Å². The van der Waals surface area contributed by atoms with Gasteiger partial charge in [0.25, 0.3) is 5.69 Å². The van der Waals surface area contributed by atoms with E-state index in [0.717, 1.165) is 32.5 Å². The number of likely N-dealkylation sites (tertiary alicyclic amines) is 1. The number of hydrogen-bond acceptors (Lipinski definition) is 6. The summed E-state index contributed by atoms with van der Waals surface area (Å²) in [5, 5.41) is 20.3. The summed E-state index contributed by atoms with van der Waals surface area (Å²) in [6, 6.07) is 6.33. The van der Waals surface area contributed by atoms with Crippen LogP contribution in [0.15, 0.2) is 34.9 Å². The van der Waals surface area contributed by atoms with E-state index < -0.39 is 4.92 Å². The molecule has 0 saturated carbocycles. The number of rotatable bonds is 5. The Bertz CT molecular complexity index is 677. The van der Waals surface area contributed by atoms with Crippen molar-refractivity contribution in [1.29, 1.82) is 0 Å². The van der Waals surface area contributed by atoms with Crippen molar-refractivity contribution in [3.05, 3.63) is 46.5 Å². The third kappa shape index (κ3) is 3.94. The zero-order valence-corrected chi connectivity index (χ0v) is 12.7. The summed E-state index contributed by atoms with van der Waals surface area (Å²) >= 11 is 0. The van der Waals surface area contributed by atoms with Gasteiger partial charge in [-0.15, -0.1) is 0 Å². The van der Waals surface area contributed by atoms with Crippen LogP contribution in [0.1, 0.15) is 18.7 Å². The molecule has 7 nitrogen and oxygen atoms in total. The number of aliphatic hydroxyl groups is 1. The predicted molar refractivity (Wildman–Crippen MR) is 84.0 cm³/mol. The zero-order chi connectivity index (χ0) is 16.2. The monoisotopic (exact) mass is 317 g/mol. The SMILES string of the molecule is O=[N+]([O-])c1cccc(-c2cnc(CCN3CCC(O)CC3)o2)c1. The molecule has 1 aliphatic heterocycles. The quantitative estimate of drug-likeness (QED) is 0.671. The van der Waals surface area contributed by atoms with Crippen molar-refractivity contribution in [2.75, 3.05) is 19.6 Å². The first-order valence-electron chi connectivity index (χ1n) is 7.72. The maximum atomic E-state index is 10.8. The van der Waals surface area contributed by atoms with Crippen LogP contribution in [0, 0.1) is 10.1 Å². The summed E-state index contributed by atoms with van der Waals surface area (Å²) < 4.78 is 5.71. The molecule has 0 amide bonds. The molecular formula is C16H19N3O4. The molecule has 23 heavy (non-hydrogen) atoms. The van der Waals surface area contributed by atoms with Gasteiger partial charge in [0.15, 0.2) is 11.7 Å². The van der Waals surface area contributed by atoms with Crippen LogP contribution < -0.4 is 0 Å². The highest BCUT2D eigenvalue weighted by Crippen LogP contribution is 2.24. The van der Waals surface area contributed by atoms with E-state index in [2.05, 4.69) is 9.88 Å². The lowest BCUT2D eigenvalue weighted by Gasteiger charge is -2.28. The van der Waals surface area contributed by atoms with Gasteiger partial charge >= 0.3 is 0 Å². The van der Waals surface area contributed by atoms with Gasteiger partial charge in [0.1, 0.15) is 0 Å². The van der Waals surface area contributed by atoms with Gasteiger partial charge < -0.3 is 14.4 Å². The van der Waals surface area contributed by atoms with E-state index >= 15 is 0 Å². The third-order valence-electron chi connectivity index (χ3n) is 4.09. The van der Waals surface area contributed by atoms with Crippen molar-refractivity contribution in [3.63, 3.8) is 0 Å². The molecule has 1 saturated heterocycles. The van der Waals surface area contributed by atoms with E-state index in [-0.39, 0.29) is 11.8 Å². The molecule has 3 rings (SSSR count). The number of benzene rings is 1. The summed E-state index contributed by atoms with van der Waals surface area (Å²) in [6.45, 7) is 2.61. The molecule has 0 spiro atoms. The summed E-state index contributed by atoms with van der Waals surface area (Å²) in [7, 11) is 0. The van der Waals surface area contributed by atoms with Crippen LogP contribution in [-0.4, -0.2) is 45.7 Å². The molecule has 122 valence electrons. The fraction of sp³-hybridized carbons (Fsp3) is 0.438. The predicted octanol–water partition coefficient (Wildman–Crippen LogP) is 2.25. The summed E-state index contributed by atoms with van der Waals surface area (Å²) in [5.74, 6) is 1.16. The minimum atomic E-state index is -0.425. The van der Waals surface area contributed by atoms with E-state index in [9.17, 15) is 15.2 Å². The van der Waals surface area contributed by atoms with Crippen molar-refractivity contribution in [2.45, 2.75) is 25.4 Å². The van der Waals surface area contributed by atoms with E-state index in [0.29, 0.717) is 23.6 Å². The van der Waals surface area contributed by atoms with E-state index in [1.165, 1.54) is 12.1 Å². The molecule has 2 heterocycles. The third-order valence-corrected chi connectivity index (χ3v) is 4.09. The first-order chi connectivity index (χ1) is 11.1. The van der Waals surface area contributed by atoms with Gasteiger partial charge in [-0.1, -0.05) is 12.1 Å². The molecule has 2 aromatic rings. The van der Waals surface area contributed by atoms with Gasteiger partial charge in [-0.05, 0) is 12.8 Å². The first kappa shape index (κ1) is 15.6. The molecule has 0 radical (unpaired) electrons. The van der Waals surface area contributed by atoms with Crippen molar-refractivity contribution in [2.24, 2.45) is 0 Å². The van der Waals surface area contributed by atoms with Gasteiger partial charge in [-0.2, -0.15) is 0 Å². The van der Waals surface area contributed by atoms with E-state index in [1.807, 2.05) is 0 Å². The van der Waals surface area contributed by atoms with Crippen LogP contribution in [0.2, 0.25) is 0 Å². The minimum Gasteiger partial charge on any atom is -0.441 e. The Morgan fingerprint density at radius 2 is 2.17 bits per heavy atom. The minimum absolute atomic E-state index is 0.0346. The molecule has 0 unspecified atom stereocenters. The maximum Gasteiger partial charge on any atom is 0.270 e. The average molecular weight is 317 g/mol. The second-order valence-electron chi connectivity index (χ2n) is 5.75. The fourth-order valence-electron chi connectivity index (χ4n) is 2.73. The van der Waals surface area contributed by atoms with Crippen molar-refractivity contribution < 1.29 is 14.4 Å². The highest BCUT2D eigenvalue weighted by Gasteiger charge is 2.17. The molecule has 1 aromatic heterocycles. The molecule has 1 aliphatic rings. The number of non-ortho nitro benzene ring substituents is 1. The molecular weight excluding hydrogens is 298 g/mol. The standard InChI is InChI=1S/C16H19N3O4/c20-14-4-7-18(8-5-14)9-6-16-17-11-15(23-16)12-2-1-3-13(10-12)19(21)22/h1-3,10-11,14,20H,4-9H2. The van der Waals surface area contributed by atoms with Crippen molar-refractivity contribution in [3.8, 4) is 11.3 Å². The van der Waals surface area contributed by atoms with Crippen LogP contribution in [0.25, 0.3) is 11.3 Å². The highest BCUT2D eigenvalue weighted by atomic mass is 16.6. The summed E-state index contributed by atoms with van der Waals surface area (Å²) in [6.07, 6.45) is 3.74. The van der Waals surface area contributed by atoms with Crippen molar-refractivity contribution >= 4 is 5.69 Å². The van der Waals surface area contributed by atoms with Crippen LogP contribution in [-0.2, 0) is 6.42 Å². The number of oxazole rings is 1. The zero-order valence-electron chi connectivity index (χ0n) is 12.7. The molecule has 7 heteroatoms. The van der Waals surface area contributed by atoms with Gasteiger partial charge in [-0.3, -0.25) is 10.1 Å². The largest absolute Gasteiger partial charge is 0.441 e. The lowest BCUT2D eigenvalue weighted by atomic mass is 10.1. The Morgan fingerprint density at radius 1 is 1.39 bits per heavy atom. The lowest BCUT2D eigenvalue weighted by molar-refractivity contribution is -0.384. The number of piperidine rings is 1. The number of nitro benzene ring substituents is 1. The number of hydrogen-bond donors (Lipinski definition) is 1. The number of aliphatic hydroxyl groups excluding tert-OH is 1. The Kier molecular flexibility index (Phi) is 4.68. The van der Waals surface area contributed by atoms with Gasteiger partial charge in [0.2, 0.25) is 0 Å². The maximum absolute atomic E-state index is 10.8. The van der Waals surface area contributed by atoms with Crippen molar-refractivity contribution in [1.82, 2.24) is 9.88 Å². The van der Waals surface area contributed by atoms with E-state index in [1.54, 1.807) is 18.3 Å². The van der Waals surface area contributed by atoms with Gasteiger partial charge in [0.05, 0.1) is 17.2 Å². The molecule has 0 aliphatic carbocycles. The molecule has 1 N–H and O–H groups in total. The van der Waals surface area contributed by atoms with Gasteiger partial charge in [0, 0.05) is 43.8 Å². The number of nitro groups is 1. The molecule has 1 fully saturated rings. The second-order valence-corrected chi connectivity index (χ2v) is 5.75. The number of nitrogens with zero attached hydrogens (tertiary/aromatic N) is 3. The Hall–Kier alpha value is -2.25. The van der Waals surface area contributed by atoms with Gasteiger partial charge in [-0.25, -0.2) is 4.98 Å². The molecule has 0 atom stereocenters. The first-order valence-corrected chi connectivity index (χ1v) is 7.72. The highest BCUT2D eigenvalue weighted by molar-refractivity contribution is 5.60. The molecule has 1 aromatic carbocycles. The van der Waals surface area contributed by atoms with E-state index in [4.69, 9.17) is 4.42 Å². The normalized spacial score (nSPS) is 16.6. The van der Waals surface area contributed by atoms with Crippen LogP contribution in [0.5, 0.6) is 0 Å². The lowest BCUT2D eigenvalue weighted by Crippen LogP contribution is -2.37. The summed E-state index contributed by atoms with van der Waals surface area (Å²) in [5.41, 5.74) is 0.686. The fourth-order valence-corrected chi connectivity index (χ4v) is 2.73. The second kappa shape index (κ2) is 6.89. The number of aromatic nitrogens is 1. The van der Waals surface area contributed by atoms with Crippen LogP contribution in [0.4, 0.5) is 5.69 Å². The molecule has 0 bridgehead atoms. The Morgan fingerprint density at radius 3 is 2.91 bits per heavy atom.